The fourth-order valence-corrected chi connectivity index (χ4v) is 3.07. The van der Waals surface area contributed by atoms with Crippen LogP contribution in [0.25, 0.3) is 0 Å². The van der Waals surface area contributed by atoms with E-state index in [2.05, 4.69) is 4.72 Å². The van der Waals surface area contributed by atoms with E-state index in [9.17, 15) is 18.3 Å². The molecule has 0 aliphatic carbocycles. The Morgan fingerprint density at radius 1 is 0.957 bits per heavy atom. The Kier molecular flexibility index (Phi) is 5.36. The second-order valence-electron chi connectivity index (χ2n) is 5.03. The molecule has 0 bridgehead atoms. The highest BCUT2D eigenvalue weighted by molar-refractivity contribution is 7.89. The molecule has 7 heteroatoms. The van der Waals surface area contributed by atoms with Crippen LogP contribution in [0.15, 0.2) is 53.4 Å². The van der Waals surface area contributed by atoms with E-state index in [1.165, 1.54) is 24.3 Å². The van der Waals surface area contributed by atoms with E-state index >= 15 is 0 Å². The van der Waals surface area contributed by atoms with Crippen molar-refractivity contribution in [2.75, 3.05) is 6.54 Å². The molecule has 0 saturated carbocycles. The van der Waals surface area contributed by atoms with E-state index in [4.69, 9.17) is 5.11 Å². The number of phenols is 1. The summed E-state index contributed by atoms with van der Waals surface area (Å²) in [5, 5.41) is 17.9. The zero-order valence-electron chi connectivity index (χ0n) is 12.3. The van der Waals surface area contributed by atoms with Gasteiger partial charge in [-0.15, -0.1) is 0 Å². The molecule has 122 valence electrons. The van der Waals surface area contributed by atoms with Crippen molar-refractivity contribution >= 4 is 16.0 Å². The lowest BCUT2D eigenvalue weighted by Crippen LogP contribution is -2.25. The van der Waals surface area contributed by atoms with Crippen LogP contribution in [0.3, 0.4) is 0 Å². The molecule has 0 heterocycles. The highest BCUT2D eigenvalue weighted by Crippen LogP contribution is 2.14. The lowest BCUT2D eigenvalue weighted by Gasteiger charge is -2.07. The molecule has 2 rings (SSSR count). The maximum absolute atomic E-state index is 12.1. The summed E-state index contributed by atoms with van der Waals surface area (Å²) in [6, 6.07) is 12.3. The third kappa shape index (κ3) is 5.08. The first-order valence-electron chi connectivity index (χ1n) is 6.95. The molecule has 0 aromatic heterocycles. The van der Waals surface area contributed by atoms with Crippen LogP contribution in [-0.4, -0.2) is 31.1 Å². The van der Waals surface area contributed by atoms with Crippen LogP contribution in [0.5, 0.6) is 5.75 Å². The molecule has 23 heavy (non-hydrogen) atoms. The number of carboxylic acid groups (broad SMARTS) is 1. The molecule has 0 spiro atoms. The SMILES string of the molecule is O=C(O)Cc1ccc(CCNS(=O)(=O)c2ccc(O)cc2)cc1. The van der Waals surface area contributed by atoms with Crippen LogP contribution in [0, 0.1) is 0 Å². The number of hydrogen-bond donors (Lipinski definition) is 3. The van der Waals surface area contributed by atoms with Gasteiger partial charge in [0.05, 0.1) is 11.3 Å². The molecule has 0 aliphatic heterocycles. The Morgan fingerprint density at radius 2 is 1.52 bits per heavy atom. The van der Waals surface area contributed by atoms with Gasteiger partial charge >= 0.3 is 5.97 Å². The maximum Gasteiger partial charge on any atom is 0.307 e. The molecule has 3 N–H and O–H groups in total. The van der Waals surface area contributed by atoms with Crippen molar-refractivity contribution in [3.8, 4) is 5.75 Å². The van der Waals surface area contributed by atoms with Crippen molar-refractivity contribution in [3.63, 3.8) is 0 Å². The smallest absolute Gasteiger partial charge is 0.307 e. The fraction of sp³-hybridized carbons (Fsp3) is 0.188. The van der Waals surface area contributed by atoms with E-state index in [0.29, 0.717) is 12.0 Å². The van der Waals surface area contributed by atoms with Gasteiger partial charge in [-0.2, -0.15) is 0 Å². The predicted molar refractivity (Wildman–Crippen MR) is 84.8 cm³/mol. The molecule has 2 aromatic rings. The third-order valence-corrected chi connectivity index (χ3v) is 4.71. The van der Waals surface area contributed by atoms with Gasteiger partial charge in [0, 0.05) is 6.54 Å². The number of carbonyl (C=O) groups is 1. The maximum atomic E-state index is 12.1. The Hall–Kier alpha value is -2.38. The van der Waals surface area contributed by atoms with Gasteiger partial charge < -0.3 is 10.2 Å². The van der Waals surface area contributed by atoms with E-state index in [1.54, 1.807) is 24.3 Å². The highest BCUT2D eigenvalue weighted by atomic mass is 32.2. The standard InChI is InChI=1S/C16H17NO5S/c18-14-5-7-15(8-6-14)23(21,22)17-10-9-12-1-3-13(4-2-12)11-16(19)20/h1-8,17-18H,9-11H2,(H,19,20). The summed E-state index contributed by atoms with van der Waals surface area (Å²) in [4.78, 5) is 10.7. The first-order chi connectivity index (χ1) is 10.9. The number of nitrogens with one attached hydrogen (secondary N) is 1. The molecule has 0 atom stereocenters. The van der Waals surface area contributed by atoms with Gasteiger partial charge in [0.2, 0.25) is 10.0 Å². The fourth-order valence-electron chi connectivity index (χ4n) is 2.04. The van der Waals surface area contributed by atoms with Crippen LogP contribution in [-0.2, 0) is 27.7 Å². The molecule has 0 radical (unpaired) electrons. The molecule has 6 nitrogen and oxygen atoms in total. The summed E-state index contributed by atoms with van der Waals surface area (Å²) < 4.78 is 26.6. The number of aliphatic carboxylic acids is 1. The van der Waals surface area contributed by atoms with Gasteiger partial charge in [-0.3, -0.25) is 4.79 Å². The summed E-state index contributed by atoms with van der Waals surface area (Å²) in [6.45, 7) is 0.224. The van der Waals surface area contributed by atoms with Crippen molar-refractivity contribution in [1.29, 1.82) is 0 Å². The van der Waals surface area contributed by atoms with Crippen LogP contribution in [0.2, 0.25) is 0 Å². The normalized spacial score (nSPS) is 11.3. The Labute approximate surface area is 134 Å². The predicted octanol–water partition coefficient (Wildman–Crippen LogP) is 1.54. The average Bonchev–Trinajstić information content (AvgIpc) is 2.49. The lowest BCUT2D eigenvalue weighted by atomic mass is 10.1. The number of aromatic hydroxyl groups is 1. The second kappa shape index (κ2) is 7.26. The molecule has 0 unspecified atom stereocenters. The quantitative estimate of drug-likeness (QED) is 0.712. The number of benzene rings is 2. The van der Waals surface area contributed by atoms with Gasteiger partial charge in [-0.1, -0.05) is 24.3 Å². The van der Waals surface area contributed by atoms with Crippen LogP contribution in [0.1, 0.15) is 11.1 Å². The Bertz CT molecular complexity index is 767. The summed E-state index contributed by atoms with van der Waals surface area (Å²) >= 11 is 0. The molecule has 0 amide bonds. The molecule has 0 saturated heterocycles. The summed E-state index contributed by atoms with van der Waals surface area (Å²) in [6.07, 6.45) is 0.457. The van der Waals surface area contributed by atoms with Gasteiger partial charge in [0.15, 0.2) is 0 Å². The number of phenolic OH excluding ortho intramolecular Hbond substituents is 1. The van der Waals surface area contributed by atoms with Gasteiger partial charge in [-0.25, -0.2) is 13.1 Å². The monoisotopic (exact) mass is 335 g/mol. The summed E-state index contributed by atoms with van der Waals surface area (Å²) in [7, 11) is -3.61. The topological polar surface area (TPSA) is 104 Å². The molecule has 0 aliphatic rings. The lowest BCUT2D eigenvalue weighted by molar-refractivity contribution is -0.136. The molecular weight excluding hydrogens is 318 g/mol. The minimum atomic E-state index is -3.61. The summed E-state index contributed by atoms with van der Waals surface area (Å²) in [5.41, 5.74) is 1.61. The van der Waals surface area contributed by atoms with E-state index in [0.717, 1.165) is 5.56 Å². The van der Waals surface area contributed by atoms with Crippen molar-refractivity contribution in [2.24, 2.45) is 0 Å². The number of sulfonamides is 1. The van der Waals surface area contributed by atoms with Gasteiger partial charge in [0.25, 0.3) is 0 Å². The zero-order chi connectivity index (χ0) is 16.9. The minimum absolute atomic E-state index is 0.00500. The minimum Gasteiger partial charge on any atom is -0.508 e. The van der Waals surface area contributed by atoms with Crippen LogP contribution >= 0.6 is 0 Å². The van der Waals surface area contributed by atoms with Crippen molar-refractivity contribution in [3.05, 3.63) is 59.7 Å². The number of hydrogen-bond acceptors (Lipinski definition) is 4. The molecule has 0 fully saturated rings. The first-order valence-corrected chi connectivity index (χ1v) is 8.43. The summed E-state index contributed by atoms with van der Waals surface area (Å²) in [5.74, 6) is -0.884. The zero-order valence-corrected chi connectivity index (χ0v) is 13.1. The number of rotatable bonds is 7. The molecular formula is C16H17NO5S. The third-order valence-electron chi connectivity index (χ3n) is 3.23. The Balaban J connectivity index is 1.91. The van der Waals surface area contributed by atoms with Gasteiger partial charge in [-0.05, 0) is 41.8 Å². The van der Waals surface area contributed by atoms with Crippen LogP contribution < -0.4 is 4.72 Å². The van der Waals surface area contributed by atoms with E-state index in [1.807, 2.05) is 0 Å². The van der Waals surface area contributed by atoms with Crippen molar-refractivity contribution in [2.45, 2.75) is 17.7 Å². The highest BCUT2D eigenvalue weighted by Gasteiger charge is 2.13. The van der Waals surface area contributed by atoms with E-state index < -0.39 is 16.0 Å². The molecule has 2 aromatic carbocycles. The number of carboxylic acids is 1. The van der Waals surface area contributed by atoms with E-state index in [-0.39, 0.29) is 23.6 Å². The first kappa shape index (κ1) is 17.0. The Morgan fingerprint density at radius 3 is 2.09 bits per heavy atom. The largest absolute Gasteiger partial charge is 0.508 e. The average molecular weight is 335 g/mol. The van der Waals surface area contributed by atoms with Crippen molar-refractivity contribution < 1.29 is 23.4 Å². The van der Waals surface area contributed by atoms with Crippen LogP contribution in [0.4, 0.5) is 0 Å². The van der Waals surface area contributed by atoms with Crippen molar-refractivity contribution in [1.82, 2.24) is 4.72 Å². The van der Waals surface area contributed by atoms with Gasteiger partial charge in [0.1, 0.15) is 5.75 Å². The second-order valence-corrected chi connectivity index (χ2v) is 6.80.